The van der Waals surface area contributed by atoms with Gasteiger partial charge in [-0.2, -0.15) is 5.26 Å². The fraction of sp³-hybridized carbons (Fsp3) is 0.333. The molecule has 1 aromatic carbocycles. The van der Waals surface area contributed by atoms with E-state index in [2.05, 4.69) is 11.4 Å². The molecule has 0 aliphatic carbocycles. The van der Waals surface area contributed by atoms with E-state index in [9.17, 15) is 4.79 Å². The smallest absolute Gasteiger partial charge is 0.244 e. The number of benzene rings is 1. The summed E-state index contributed by atoms with van der Waals surface area (Å²) in [5, 5.41) is 11.6. The minimum Gasteiger partial charge on any atom is -0.348 e. The molecule has 1 amide bonds. The van der Waals surface area contributed by atoms with Gasteiger partial charge in [-0.3, -0.25) is 4.79 Å². The molecule has 18 heavy (non-hydrogen) atoms. The maximum Gasteiger partial charge on any atom is 0.244 e. The SMILES string of the molecule is CCC(C)(C)NC(=O)/C=C/c1ccc(C#N)cc1. The highest BCUT2D eigenvalue weighted by Gasteiger charge is 2.15. The second kappa shape index (κ2) is 6.02. The van der Waals surface area contributed by atoms with E-state index >= 15 is 0 Å². The van der Waals surface area contributed by atoms with Crippen LogP contribution in [0.4, 0.5) is 0 Å². The van der Waals surface area contributed by atoms with Gasteiger partial charge in [0.05, 0.1) is 11.6 Å². The molecule has 1 N–H and O–H groups in total. The van der Waals surface area contributed by atoms with Crippen molar-refractivity contribution in [1.82, 2.24) is 5.32 Å². The van der Waals surface area contributed by atoms with Crippen LogP contribution in [0, 0.1) is 11.3 Å². The van der Waals surface area contributed by atoms with Crippen molar-refractivity contribution in [3.63, 3.8) is 0 Å². The quantitative estimate of drug-likeness (QED) is 0.825. The molecule has 3 nitrogen and oxygen atoms in total. The second-order valence-electron chi connectivity index (χ2n) is 4.79. The Morgan fingerprint density at radius 3 is 2.50 bits per heavy atom. The Morgan fingerprint density at radius 1 is 1.39 bits per heavy atom. The largest absolute Gasteiger partial charge is 0.348 e. The van der Waals surface area contributed by atoms with E-state index in [0.29, 0.717) is 5.56 Å². The highest BCUT2D eigenvalue weighted by Crippen LogP contribution is 2.08. The first-order chi connectivity index (χ1) is 8.46. The molecule has 94 valence electrons. The minimum absolute atomic E-state index is 0.105. The summed E-state index contributed by atoms with van der Waals surface area (Å²) in [6.07, 6.45) is 4.13. The van der Waals surface area contributed by atoms with Crippen LogP contribution in [-0.2, 0) is 4.79 Å². The average molecular weight is 242 g/mol. The number of rotatable bonds is 4. The number of hydrogen-bond donors (Lipinski definition) is 1. The minimum atomic E-state index is -0.188. The molecule has 0 bridgehead atoms. The van der Waals surface area contributed by atoms with Gasteiger partial charge in [0, 0.05) is 11.6 Å². The van der Waals surface area contributed by atoms with Gasteiger partial charge < -0.3 is 5.32 Å². The van der Waals surface area contributed by atoms with Crippen molar-refractivity contribution in [2.24, 2.45) is 0 Å². The summed E-state index contributed by atoms with van der Waals surface area (Å²) < 4.78 is 0. The maximum absolute atomic E-state index is 11.7. The Kier molecular flexibility index (Phi) is 4.67. The Bertz CT molecular complexity index is 478. The summed E-state index contributed by atoms with van der Waals surface area (Å²) in [7, 11) is 0. The summed E-state index contributed by atoms with van der Waals surface area (Å²) in [5.74, 6) is -0.105. The van der Waals surface area contributed by atoms with Crippen LogP contribution in [0.5, 0.6) is 0 Å². The van der Waals surface area contributed by atoms with Gasteiger partial charge in [-0.25, -0.2) is 0 Å². The molecular weight excluding hydrogens is 224 g/mol. The number of nitriles is 1. The fourth-order valence-corrected chi connectivity index (χ4v) is 1.30. The topological polar surface area (TPSA) is 52.9 Å². The van der Waals surface area contributed by atoms with Crippen LogP contribution in [0.3, 0.4) is 0 Å². The van der Waals surface area contributed by atoms with Crippen molar-refractivity contribution in [1.29, 1.82) is 5.26 Å². The zero-order valence-corrected chi connectivity index (χ0v) is 11.0. The van der Waals surface area contributed by atoms with E-state index in [1.54, 1.807) is 18.2 Å². The number of nitrogens with one attached hydrogen (secondary N) is 1. The Labute approximate surface area is 108 Å². The summed E-state index contributed by atoms with van der Waals surface area (Å²) in [4.78, 5) is 11.7. The van der Waals surface area contributed by atoms with E-state index in [1.165, 1.54) is 6.08 Å². The fourth-order valence-electron chi connectivity index (χ4n) is 1.30. The van der Waals surface area contributed by atoms with Gasteiger partial charge in [0.15, 0.2) is 0 Å². The molecular formula is C15H18N2O. The van der Waals surface area contributed by atoms with Crippen LogP contribution in [0.1, 0.15) is 38.3 Å². The average Bonchev–Trinajstić information content (AvgIpc) is 2.36. The number of amides is 1. The standard InChI is InChI=1S/C15H18N2O/c1-4-15(2,3)17-14(18)10-9-12-5-7-13(11-16)8-6-12/h5-10H,4H2,1-3H3,(H,17,18)/b10-9+. The zero-order chi connectivity index (χ0) is 13.6. The number of hydrogen-bond acceptors (Lipinski definition) is 2. The van der Waals surface area contributed by atoms with Crippen molar-refractivity contribution in [3.05, 3.63) is 41.5 Å². The van der Waals surface area contributed by atoms with E-state index < -0.39 is 0 Å². The molecule has 0 radical (unpaired) electrons. The predicted octanol–water partition coefficient (Wildman–Crippen LogP) is 2.88. The van der Waals surface area contributed by atoms with Crippen molar-refractivity contribution in [3.8, 4) is 6.07 Å². The van der Waals surface area contributed by atoms with E-state index in [0.717, 1.165) is 12.0 Å². The lowest BCUT2D eigenvalue weighted by molar-refractivity contribution is -0.117. The maximum atomic E-state index is 11.7. The highest BCUT2D eigenvalue weighted by atomic mass is 16.1. The number of carbonyl (C=O) groups excluding carboxylic acids is 1. The van der Waals surface area contributed by atoms with Crippen LogP contribution in [0.25, 0.3) is 6.08 Å². The van der Waals surface area contributed by atoms with Crippen LogP contribution in [0.15, 0.2) is 30.3 Å². The van der Waals surface area contributed by atoms with E-state index in [-0.39, 0.29) is 11.4 Å². The van der Waals surface area contributed by atoms with Crippen molar-refractivity contribution in [2.45, 2.75) is 32.7 Å². The van der Waals surface area contributed by atoms with Crippen LogP contribution in [-0.4, -0.2) is 11.4 Å². The molecule has 1 aromatic rings. The van der Waals surface area contributed by atoms with E-state index in [4.69, 9.17) is 5.26 Å². The van der Waals surface area contributed by atoms with Crippen LogP contribution >= 0.6 is 0 Å². The molecule has 0 saturated carbocycles. The highest BCUT2D eigenvalue weighted by molar-refractivity contribution is 5.92. The first kappa shape index (κ1) is 14.0. The van der Waals surface area contributed by atoms with E-state index in [1.807, 2.05) is 32.9 Å². The third-order valence-electron chi connectivity index (χ3n) is 2.81. The normalized spacial score (nSPS) is 11.2. The zero-order valence-electron chi connectivity index (χ0n) is 11.0. The molecule has 0 aliphatic heterocycles. The van der Waals surface area contributed by atoms with Crippen LogP contribution < -0.4 is 5.32 Å². The summed E-state index contributed by atoms with van der Waals surface area (Å²) in [6.45, 7) is 6.01. The van der Waals surface area contributed by atoms with Crippen LogP contribution in [0.2, 0.25) is 0 Å². The van der Waals surface area contributed by atoms with Gasteiger partial charge >= 0.3 is 0 Å². The summed E-state index contributed by atoms with van der Waals surface area (Å²) >= 11 is 0. The third kappa shape index (κ3) is 4.42. The van der Waals surface area contributed by atoms with Crippen molar-refractivity contribution < 1.29 is 4.79 Å². The monoisotopic (exact) mass is 242 g/mol. The molecule has 0 heterocycles. The van der Waals surface area contributed by atoms with Gasteiger partial charge in [0.1, 0.15) is 0 Å². The lowest BCUT2D eigenvalue weighted by Gasteiger charge is -2.23. The van der Waals surface area contributed by atoms with Gasteiger partial charge in [-0.1, -0.05) is 19.1 Å². The second-order valence-corrected chi connectivity index (χ2v) is 4.79. The Balaban J connectivity index is 2.64. The molecule has 0 fully saturated rings. The summed E-state index contributed by atoms with van der Waals surface area (Å²) in [5.41, 5.74) is 1.33. The third-order valence-corrected chi connectivity index (χ3v) is 2.81. The van der Waals surface area contributed by atoms with Gasteiger partial charge in [-0.15, -0.1) is 0 Å². The van der Waals surface area contributed by atoms with Crippen molar-refractivity contribution >= 4 is 12.0 Å². The molecule has 0 unspecified atom stereocenters. The molecule has 1 rings (SSSR count). The molecule has 0 saturated heterocycles. The Morgan fingerprint density at radius 2 is 2.00 bits per heavy atom. The Hall–Kier alpha value is -2.08. The number of nitrogens with zero attached hydrogens (tertiary/aromatic N) is 1. The van der Waals surface area contributed by atoms with Crippen molar-refractivity contribution in [2.75, 3.05) is 0 Å². The molecule has 0 atom stereocenters. The summed E-state index contributed by atoms with van der Waals surface area (Å²) in [6, 6.07) is 9.14. The number of carbonyl (C=O) groups is 1. The molecule has 0 spiro atoms. The van der Waals surface area contributed by atoms with Gasteiger partial charge in [-0.05, 0) is 44.0 Å². The first-order valence-corrected chi connectivity index (χ1v) is 5.97. The molecule has 0 aliphatic rings. The van der Waals surface area contributed by atoms with Gasteiger partial charge in [0.2, 0.25) is 5.91 Å². The van der Waals surface area contributed by atoms with Gasteiger partial charge in [0.25, 0.3) is 0 Å². The first-order valence-electron chi connectivity index (χ1n) is 5.97. The molecule has 0 aromatic heterocycles. The lowest BCUT2D eigenvalue weighted by Crippen LogP contribution is -2.41. The predicted molar refractivity (Wildman–Crippen MR) is 72.7 cm³/mol. The molecule has 3 heteroatoms. The lowest BCUT2D eigenvalue weighted by atomic mass is 10.0.